The van der Waals surface area contributed by atoms with E-state index in [1.807, 2.05) is 24.4 Å². The molecule has 4 nitrogen and oxygen atoms in total. The first-order valence-corrected chi connectivity index (χ1v) is 6.51. The Labute approximate surface area is 108 Å². The lowest BCUT2D eigenvalue weighted by Gasteiger charge is -2.14. The van der Waals surface area contributed by atoms with Gasteiger partial charge in [0.1, 0.15) is 5.65 Å². The number of aliphatic hydroxyl groups excluding tert-OH is 1. The summed E-state index contributed by atoms with van der Waals surface area (Å²) in [6.07, 6.45) is 7.23. The number of rotatable bonds is 7. The summed E-state index contributed by atoms with van der Waals surface area (Å²) in [5.41, 5.74) is 2.10. The summed E-state index contributed by atoms with van der Waals surface area (Å²) < 4.78 is 2.05. The van der Waals surface area contributed by atoms with Crippen LogP contribution in [0, 0.1) is 0 Å². The molecule has 0 bridgehead atoms. The third kappa shape index (κ3) is 3.55. The molecule has 0 amide bonds. The van der Waals surface area contributed by atoms with E-state index >= 15 is 0 Å². The van der Waals surface area contributed by atoms with E-state index in [-0.39, 0.29) is 0 Å². The number of imidazole rings is 1. The minimum absolute atomic E-state index is 0.302. The minimum atomic E-state index is 0.302. The molecule has 4 heteroatoms. The quantitative estimate of drug-likeness (QED) is 0.760. The third-order valence-electron chi connectivity index (χ3n) is 3.04. The topological polar surface area (TPSA) is 40.8 Å². The van der Waals surface area contributed by atoms with Crippen LogP contribution in [0.1, 0.15) is 25.0 Å². The molecule has 0 fully saturated rings. The standard InChI is InChI=1S/C14H21N3O/c1-16(8-4-2-6-10-18)11-13-12-17-9-5-3-7-14(17)15-13/h3,5,7,9,12,18H,2,4,6,8,10-11H2,1H3. The molecule has 0 atom stereocenters. The lowest BCUT2D eigenvalue weighted by molar-refractivity contribution is 0.270. The zero-order chi connectivity index (χ0) is 12.8. The smallest absolute Gasteiger partial charge is 0.137 e. The monoisotopic (exact) mass is 247 g/mol. The summed E-state index contributed by atoms with van der Waals surface area (Å²) in [4.78, 5) is 6.86. The molecule has 0 aromatic carbocycles. The van der Waals surface area contributed by atoms with Crippen LogP contribution >= 0.6 is 0 Å². The molecule has 0 aliphatic rings. The largest absolute Gasteiger partial charge is 0.396 e. The maximum absolute atomic E-state index is 8.72. The van der Waals surface area contributed by atoms with E-state index in [4.69, 9.17) is 5.11 Å². The molecule has 1 N–H and O–H groups in total. The lowest BCUT2D eigenvalue weighted by Crippen LogP contribution is -2.19. The highest BCUT2D eigenvalue weighted by Gasteiger charge is 2.04. The van der Waals surface area contributed by atoms with Gasteiger partial charge >= 0.3 is 0 Å². The zero-order valence-electron chi connectivity index (χ0n) is 10.9. The lowest BCUT2D eigenvalue weighted by atomic mass is 10.2. The van der Waals surface area contributed by atoms with Gasteiger partial charge in [0.05, 0.1) is 5.69 Å². The van der Waals surface area contributed by atoms with Crippen LogP contribution in [0.2, 0.25) is 0 Å². The maximum atomic E-state index is 8.72. The molecule has 2 rings (SSSR count). The predicted octanol–water partition coefficient (Wildman–Crippen LogP) is 1.93. The minimum Gasteiger partial charge on any atom is -0.396 e. The van der Waals surface area contributed by atoms with Crippen molar-refractivity contribution in [3.63, 3.8) is 0 Å². The number of fused-ring (bicyclic) bond motifs is 1. The van der Waals surface area contributed by atoms with Crippen LogP contribution in [0.4, 0.5) is 0 Å². The van der Waals surface area contributed by atoms with Crippen molar-refractivity contribution in [3.8, 4) is 0 Å². The molecule has 2 aromatic heterocycles. The fourth-order valence-electron chi connectivity index (χ4n) is 2.09. The highest BCUT2D eigenvalue weighted by atomic mass is 16.2. The number of aliphatic hydroxyl groups is 1. The first-order chi connectivity index (χ1) is 8.79. The van der Waals surface area contributed by atoms with Gasteiger partial charge in [0.15, 0.2) is 0 Å². The number of aromatic nitrogens is 2. The average Bonchev–Trinajstić information content (AvgIpc) is 2.76. The summed E-state index contributed by atoms with van der Waals surface area (Å²) in [5.74, 6) is 0. The summed E-state index contributed by atoms with van der Waals surface area (Å²) in [5, 5.41) is 8.72. The van der Waals surface area contributed by atoms with Gasteiger partial charge in [-0.2, -0.15) is 0 Å². The molecular weight excluding hydrogens is 226 g/mol. The van der Waals surface area contributed by atoms with Crippen LogP contribution in [0.3, 0.4) is 0 Å². The van der Waals surface area contributed by atoms with Gasteiger partial charge in [-0.15, -0.1) is 0 Å². The van der Waals surface area contributed by atoms with E-state index in [0.717, 1.165) is 43.7 Å². The van der Waals surface area contributed by atoms with Crippen molar-refractivity contribution < 1.29 is 5.11 Å². The Morgan fingerprint density at radius 2 is 2.17 bits per heavy atom. The molecule has 2 aromatic rings. The number of unbranched alkanes of at least 4 members (excludes halogenated alkanes) is 2. The van der Waals surface area contributed by atoms with Crippen LogP contribution in [0.5, 0.6) is 0 Å². The number of nitrogens with zero attached hydrogens (tertiary/aromatic N) is 3. The van der Waals surface area contributed by atoms with E-state index < -0.39 is 0 Å². The van der Waals surface area contributed by atoms with Gasteiger partial charge in [0.25, 0.3) is 0 Å². The van der Waals surface area contributed by atoms with Gasteiger partial charge in [0.2, 0.25) is 0 Å². The molecule has 0 saturated carbocycles. The van der Waals surface area contributed by atoms with E-state index in [1.165, 1.54) is 0 Å². The maximum Gasteiger partial charge on any atom is 0.137 e. The van der Waals surface area contributed by atoms with Crippen molar-refractivity contribution in [2.45, 2.75) is 25.8 Å². The Kier molecular flexibility index (Phi) is 4.73. The molecule has 18 heavy (non-hydrogen) atoms. The van der Waals surface area contributed by atoms with E-state index in [9.17, 15) is 0 Å². The normalized spacial score (nSPS) is 11.5. The van der Waals surface area contributed by atoms with Crippen molar-refractivity contribution >= 4 is 5.65 Å². The molecule has 98 valence electrons. The van der Waals surface area contributed by atoms with Crippen LogP contribution < -0.4 is 0 Å². The Morgan fingerprint density at radius 1 is 1.28 bits per heavy atom. The summed E-state index contributed by atoms with van der Waals surface area (Å²) >= 11 is 0. The molecule has 0 aliphatic heterocycles. The SMILES string of the molecule is CN(CCCCCO)Cc1cn2ccccc2n1. The van der Waals surface area contributed by atoms with Gasteiger partial charge < -0.3 is 14.4 Å². The average molecular weight is 247 g/mol. The molecule has 0 aliphatic carbocycles. The molecule has 0 saturated heterocycles. The fourth-order valence-corrected chi connectivity index (χ4v) is 2.09. The van der Waals surface area contributed by atoms with Gasteiger partial charge in [-0.3, -0.25) is 0 Å². The Hall–Kier alpha value is -1.39. The van der Waals surface area contributed by atoms with Crippen molar-refractivity contribution in [1.29, 1.82) is 0 Å². The Bertz CT molecular complexity index is 448. The van der Waals surface area contributed by atoms with Crippen molar-refractivity contribution in [2.75, 3.05) is 20.2 Å². The summed E-state index contributed by atoms with van der Waals surface area (Å²) in [6, 6.07) is 6.03. The van der Waals surface area contributed by atoms with Gasteiger partial charge in [-0.25, -0.2) is 4.98 Å². The zero-order valence-corrected chi connectivity index (χ0v) is 10.9. The summed E-state index contributed by atoms with van der Waals surface area (Å²) in [6.45, 7) is 2.23. The van der Waals surface area contributed by atoms with Crippen molar-refractivity contribution in [3.05, 3.63) is 36.3 Å². The van der Waals surface area contributed by atoms with Crippen molar-refractivity contribution in [1.82, 2.24) is 14.3 Å². The van der Waals surface area contributed by atoms with Crippen LogP contribution in [-0.2, 0) is 6.54 Å². The molecule has 0 unspecified atom stereocenters. The van der Waals surface area contributed by atoms with Crippen molar-refractivity contribution in [2.24, 2.45) is 0 Å². The van der Waals surface area contributed by atoms with E-state index in [2.05, 4.69) is 27.5 Å². The molecular formula is C14H21N3O. The van der Waals surface area contributed by atoms with Crippen LogP contribution in [-0.4, -0.2) is 39.6 Å². The first-order valence-electron chi connectivity index (χ1n) is 6.51. The number of hydrogen-bond acceptors (Lipinski definition) is 3. The Morgan fingerprint density at radius 3 is 2.94 bits per heavy atom. The highest BCUT2D eigenvalue weighted by molar-refractivity contribution is 5.39. The highest BCUT2D eigenvalue weighted by Crippen LogP contribution is 2.07. The second kappa shape index (κ2) is 6.52. The Balaban J connectivity index is 1.84. The van der Waals surface area contributed by atoms with Gasteiger partial charge in [-0.1, -0.05) is 6.07 Å². The molecule has 0 radical (unpaired) electrons. The summed E-state index contributed by atoms with van der Waals surface area (Å²) in [7, 11) is 2.11. The van der Waals surface area contributed by atoms with Gasteiger partial charge in [0, 0.05) is 25.5 Å². The second-order valence-corrected chi connectivity index (χ2v) is 4.72. The van der Waals surface area contributed by atoms with Gasteiger partial charge in [-0.05, 0) is 45.0 Å². The first kappa shape index (κ1) is 13.1. The van der Waals surface area contributed by atoms with Crippen LogP contribution in [0.25, 0.3) is 5.65 Å². The number of hydrogen-bond donors (Lipinski definition) is 1. The molecule has 0 spiro atoms. The third-order valence-corrected chi connectivity index (χ3v) is 3.04. The van der Waals surface area contributed by atoms with Crippen LogP contribution in [0.15, 0.2) is 30.6 Å². The van der Waals surface area contributed by atoms with E-state index in [0.29, 0.717) is 6.61 Å². The van der Waals surface area contributed by atoms with E-state index in [1.54, 1.807) is 0 Å². The number of pyridine rings is 1. The second-order valence-electron chi connectivity index (χ2n) is 4.72. The predicted molar refractivity (Wildman–Crippen MR) is 72.5 cm³/mol. The molecule has 2 heterocycles. The fraction of sp³-hybridized carbons (Fsp3) is 0.500.